The predicted octanol–water partition coefficient (Wildman–Crippen LogP) is 2.90. The monoisotopic (exact) mass is 356 g/mol. The minimum Gasteiger partial charge on any atom is -0.472 e. The Bertz CT molecular complexity index is 719. The molecule has 0 aromatic carbocycles. The number of rotatable bonds is 5. The van der Waals surface area contributed by atoms with Crippen molar-refractivity contribution >= 4 is 5.91 Å². The summed E-state index contributed by atoms with van der Waals surface area (Å²) in [5, 5.41) is 0. The summed E-state index contributed by atoms with van der Waals surface area (Å²) in [5.41, 5.74) is 1.57. The highest BCUT2D eigenvalue weighted by Crippen LogP contribution is 2.41. The molecule has 138 valence electrons. The number of piperidine rings is 1. The fourth-order valence-electron chi connectivity index (χ4n) is 4.09. The van der Waals surface area contributed by atoms with Crippen LogP contribution in [0.2, 0.25) is 0 Å². The third-order valence-corrected chi connectivity index (χ3v) is 5.45. The van der Waals surface area contributed by atoms with Gasteiger partial charge in [-0.3, -0.25) is 9.78 Å². The standard InChI is InChI=1S/C20H24N2O4/c23-19(17-5-11-24-13-17)22-9-4-18-20(14-22,6-1-10-26-18)15-25-12-16-2-7-21-8-3-16/h2-3,5,7-8,11,13,18H,1,4,6,9-10,12,14-15H2/t18-,20+/m0/s1. The molecule has 26 heavy (non-hydrogen) atoms. The lowest BCUT2D eigenvalue weighted by Crippen LogP contribution is -2.58. The van der Waals surface area contributed by atoms with E-state index in [1.54, 1.807) is 18.5 Å². The second kappa shape index (κ2) is 7.60. The number of hydrogen-bond acceptors (Lipinski definition) is 5. The molecule has 4 rings (SSSR count). The van der Waals surface area contributed by atoms with Crippen molar-refractivity contribution in [3.63, 3.8) is 0 Å². The zero-order valence-corrected chi connectivity index (χ0v) is 14.8. The van der Waals surface area contributed by atoms with E-state index >= 15 is 0 Å². The van der Waals surface area contributed by atoms with Gasteiger partial charge < -0.3 is 18.8 Å². The van der Waals surface area contributed by atoms with Crippen LogP contribution in [0.1, 0.15) is 35.2 Å². The van der Waals surface area contributed by atoms with Crippen molar-refractivity contribution in [3.8, 4) is 0 Å². The number of fused-ring (bicyclic) bond motifs is 1. The van der Waals surface area contributed by atoms with Crippen molar-refractivity contribution in [1.82, 2.24) is 9.88 Å². The van der Waals surface area contributed by atoms with E-state index in [-0.39, 0.29) is 17.4 Å². The Morgan fingerprint density at radius 3 is 3.04 bits per heavy atom. The van der Waals surface area contributed by atoms with Gasteiger partial charge in [0, 0.05) is 37.5 Å². The number of ether oxygens (including phenoxy) is 2. The van der Waals surface area contributed by atoms with Crippen molar-refractivity contribution in [3.05, 3.63) is 54.2 Å². The Morgan fingerprint density at radius 2 is 2.23 bits per heavy atom. The lowest BCUT2D eigenvalue weighted by atomic mass is 9.73. The fourth-order valence-corrected chi connectivity index (χ4v) is 4.09. The van der Waals surface area contributed by atoms with Gasteiger partial charge in [-0.2, -0.15) is 0 Å². The Kier molecular flexibility index (Phi) is 5.04. The molecule has 2 fully saturated rings. The maximum Gasteiger partial charge on any atom is 0.257 e. The maximum absolute atomic E-state index is 12.8. The molecular formula is C20H24N2O4. The second-order valence-corrected chi connectivity index (χ2v) is 7.20. The van der Waals surface area contributed by atoms with Crippen LogP contribution in [-0.4, -0.2) is 48.2 Å². The molecule has 0 radical (unpaired) electrons. The summed E-state index contributed by atoms with van der Waals surface area (Å²) in [7, 11) is 0. The van der Waals surface area contributed by atoms with Gasteiger partial charge in [-0.25, -0.2) is 0 Å². The van der Waals surface area contributed by atoms with E-state index in [0.717, 1.165) is 31.4 Å². The lowest BCUT2D eigenvalue weighted by molar-refractivity contribution is -0.148. The summed E-state index contributed by atoms with van der Waals surface area (Å²) in [5.74, 6) is 0.0243. The SMILES string of the molecule is O=C(c1ccoc1)N1CC[C@@H]2OCCC[C@]2(COCc2ccncc2)C1. The molecule has 0 aliphatic carbocycles. The first-order chi connectivity index (χ1) is 12.8. The van der Waals surface area contributed by atoms with Gasteiger partial charge in [0.25, 0.3) is 5.91 Å². The second-order valence-electron chi connectivity index (χ2n) is 7.20. The summed E-state index contributed by atoms with van der Waals surface area (Å²) >= 11 is 0. The van der Waals surface area contributed by atoms with E-state index in [9.17, 15) is 4.79 Å². The van der Waals surface area contributed by atoms with Gasteiger partial charge in [0.1, 0.15) is 6.26 Å². The molecule has 0 N–H and O–H groups in total. The molecule has 1 amide bonds. The van der Waals surface area contributed by atoms with E-state index in [1.807, 2.05) is 17.0 Å². The third-order valence-electron chi connectivity index (χ3n) is 5.45. The predicted molar refractivity (Wildman–Crippen MR) is 94.5 cm³/mol. The number of amides is 1. The van der Waals surface area contributed by atoms with Gasteiger partial charge in [0.15, 0.2) is 0 Å². The minimum absolute atomic E-state index is 0.0243. The highest BCUT2D eigenvalue weighted by Gasteiger charge is 2.47. The van der Waals surface area contributed by atoms with Crippen molar-refractivity contribution in [2.24, 2.45) is 5.41 Å². The molecular weight excluding hydrogens is 332 g/mol. The van der Waals surface area contributed by atoms with Crippen LogP contribution in [0, 0.1) is 5.41 Å². The largest absolute Gasteiger partial charge is 0.472 e. The number of carbonyl (C=O) groups is 1. The fraction of sp³-hybridized carbons (Fsp3) is 0.500. The first-order valence-corrected chi connectivity index (χ1v) is 9.17. The molecule has 0 unspecified atom stereocenters. The zero-order valence-electron chi connectivity index (χ0n) is 14.8. The molecule has 2 aliphatic heterocycles. The maximum atomic E-state index is 12.8. The van der Waals surface area contributed by atoms with Gasteiger partial charge in [0.05, 0.1) is 31.1 Å². The summed E-state index contributed by atoms with van der Waals surface area (Å²) in [6.07, 6.45) is 9.62. The molecule has 2 aromatic heterocycles. The first kappa shape index (κ1) is 17.2. The van der Waals surface area contributed by atoms with Crippen LogP contribution in [-0.2, 0) is 16.1 Å². The van der Waals surface area contributed by atoms with Gasteiger partial charge in [-0.15, -0.1) is 0 Å². The lowest BCUT2D eigenvalue weighted by Gasteiger charge is -2.50. The summed E-state index contributed by atoms with van der Waals surface area (Å²) in [4.78, 5) is 18.7. The summed E-state index contributed by atoms with van der Waals surface area (Å²) < 4.78 is 17.2. The smallest absolute Gasteiger partial charge is 0.257 e. The topological polar surface area (TPSA) is 64.8 Å². The number of nitrogens with zero attached hydrogens (tertiary/aromatic N) is 2. The molecule has 2 saturated heterocycles. The molecule has 6 nitrogen and oxygen atoms in total. The summed E-state index contributed by atoms with van der Waals surface area (Å²) in [6, 6.07) is 5.64. The van der Waals surface area contributed by atoms with Crippen LogP contribution in [0.3, 0.4) is 0 Å². The van der Waals surface area contributed by atoms with Crippen LogP contribution < -0.4 is 0 Å². The highest BCUT2D eigenvalue weighted by molar-refractivity contribution is 5.93. The average molecular weight is 356 g/mol. The Morgan fingerprint density at radius 1 is 1.35 bits per heavy atom. The van der Waals surface area contributed by atoms with E-state index < -0.39 is 0 Å². The van der Waals surface area contributed by atoms with Gasteiger partial charge >= 0.3 is 0 Å². The molecule has 0 saturated carbocycles. The van der Waals surface area contributed by atoms with Crippen molar-refractivity contribution in [1.29, 1.82) is 0 Å². The molecule has 6 heteroatoms. The minimum atomic E-state index is -0.136. The Labute approximate surface area is 153 Å². The van der Waals surface area contributed by atoms with E-state index in [0.29, 0.717) is 31.9 Å². The normalized spacial score (nSPS) is 25.7. The summed E-state index contributed by atoms with van der Waals surface area (Å²) in [6.45, 7) is 3.31. The van der Waals surface area contributed by atoms with Crippen LogP contribution in [0.5, 0.6) is 0 Å². The Balaban J connectivity index is 1.45. The number of hydrogen-bond donors (Lipinski definition) is 0. The van der Waals surface area contributed by atoms with E-state index in [4.69, 9.17) is 13.9 Å². The number of carbonyl (C=O) groups excluding carboxylic acids is 1. The molecule has 4 heterocycles. The number of likely N-dealkylation sites (tertiary alicyclic amines) is 1. The third kappa shape index (κ3) is 3.52. The van der Waals surface area contributed by atoms with Crippen molar-refractivity contribution in [2.45, 2.75) is 32.0 Å². The van der Waals surface area contributed by atoms with Crippen molar-refractivity contribution in [2.75, 3.05) is 26.3 Å². The molecule has 2 aliphatic rings. The van der Waals surface area contributed by atoms with Crippen LogP contribution in [0.25, 0.3) is 0 Å². The highest BCUT2D eigenvalue weighted by atomic mass is 16.5. The molecule has 2 atom stereocenters. The Hall–Kier alpha value is -2.18. The number of aromatic nitrogens is 1. The van der Waals surface area contributed by atoms with Crippen LogP contribution in [0.15, 0.2) is 47.5 Å². The number of pyridine rings is 1. The number of furan rings is 1. The molecule has 2 aromatic rings. The molecule has 0 spiro atoms. The van der Waals surface area contributed by atoms with E-state index in [1.165, 1.54) is 12.5 Å². The van der Waals surface area contributed by atoms with Gasteiger partial charge in [-0.1, -0.05) is 0 Å². The van der Waals surface area contributed by atoms with Gasteiger partial charge in [-0.05, 0) is 43.0 Å². The van der Waals surface area contributed by atoms with Crippen LogP contribution in [0.4, 0.5) is 0 Å². The zero-order chi connectivity index (χ0) is 17.8. The quantitative estimate of drug-likeness (QED) is 0.824. The van der Waals surface area contributed by atoms with Gasteiger partial charge in [0.2, 0.25) is 0 Å². The molecule has 0 bridgehead atoms. The van der Waals surface area contributed by atoms with E-state index in [2.05, 4.69) is 4.98 Å². The average Bonchev–Trinajstić information content (AvgIpc) is 3.22. The first-order valence-electron chi connectivity index (χ1n) is 9.17. The van der Waals surface area contributed by atoms with Crippen LogP contribution >= 0.6 is 0 Å². The van der Waals surface area contributed by atoms with Crippen molar-refractivity contribution < 1.29 is 18.7 Å².